The molecule has 6 nitrogen and oxygen atoms in total. The highest BCUT2D eigenvalue weighted by Crippen LogP contribution is 2.41. The van der Waals surface area contributed by atoms with Crippen LogP contribution in [0.2, 0.25) is 10.0 Å². The van der Waals surface area contributed by atoms with Gasteiger partial charge in [-0.15, -0.1) is 0 Å². The fourth-order valence-electron chi connectivity index (χ4n) is 2.93. The number of hydrogen-bond acceptors (Lipinski definition) is 4. The lowest BCUT2D eigenvalue weighted by Crippen LogP contribution is -2.85. The number of aliphatic hydroxyl groups is 2. The first kappa shape index (κ1) is 19.7. The van der Waals surface area contributed by atoms with Gasteiger partial charge in [0.15, 0.2) is 11.5 Å². The van der Waals surface area contributed by atoms with Crippen LogP contribution < -0.4 is 5.32 Å². The largest absolute Gasteiger partial charge is 0.503 e. The van der Waals surface area contributed by atoms with Gasteiger partial charge in [-0.1, -0.05) is 29.3 Å². The van der Waals surface area contributed by atoms with Crippen molar-refractivity contribution in [1.82, 2.24) is 4.90 Å². The third-order valence-electron chi connectivity index (χ3n) is 4.08. The van der Waals surface area contributed by atoms with Gasteiger partial charge in [0.2, 0.25) is 0 Å². The first-order chi connectivity index (χ1) is 11.9. The van der Waals surface area contributed by atoms with Crippen LogP contribution in [-0.4, -0.2) is 53.0 Å². The van der Waals surface area contributed by atoms with E-state index in [1.165, 1.54) is 11.8 Å². The van der Waals surface area contributed by atoms with Crippen LogP contribution in [0.3, 0.4) is 0 Å². The number of ketones is 1. The number of benzene rings is 1. The minimum absolute atomic E-state index is 0.0496. The molecule has 1 atom stereocenters. The number of halogens is 2. The molecule has 1 aliphatic rings. The molecule has 4 N–H and O–H groups in total. The van der Waals surface area contributed by atoms with Crippen LogP contribution in [0.15, 0.2) is 29.5 Å². The summed E-state index contributed by atoms with van der Waals surface area (Å²) in [7, 11) is 0. The zero-order valence-corrected chi connectivity index (χ0v) is 15.3. The Morgan fingerprint density at radius 3 is 2.64 bits per heavy atom. The van der Waals surface area contributed by atoms with Crippen LogP contribution in [0.5, 0.6) is 0 Å². The molecule has 1 aromatic rings. The maximum Gasteiger partial charge on any atom is 0.290 e. The summed E-state index contributed by atoms with van der Waals surface area (Å²) in [6, 6.07) is 4.11. The van der Waals surface area contributed by atoms with Gasteiger partial charge in [0, 0.05) is 23.0 Å². The molecule has 0 fully saturated rings. The van der Waals surface area contributed by atoms with Crippen LogP contribution >= 0.6 is 23.2 Å². The number of carbonyl (C=O) groups is 2. The summed E-state index contributed by atoms with van der Waals surface area (Å²) in [5.41, 5.74) is 0.599. The molecule has 8 heteroatoms. The second-order valence-corrected chi connectivity index (χ2v) is 6.67. The van der Waals surface area contributed by atoms with E-state index in [4.69, 9.17) is 28.3 Å². The molecule has 0 spiro atoms. The third kappa shape index (κ3) is 4.33. The number of quaternary nitrogens is 1. The monoisotopic (exact) mass is 387 g/mol. The Morgan fingerprint density at radius 1 is 1.32 bits per heavy atom. The van der Waals surface area contributed by atoms with Crippen LogP contribution in [-0.2, 0) is 9.59 Å². The zero-order valence-electron chi connectivity index (χ0n) is 13.8. The Bertz CT molecular complexity index is 706. The number of rotatable bonds is 8. The molecule has 2 rings (SSSR count). The van der Waals surface area contributed by atoms with Crippen molar-refractivity contribution in [3.05, 3.63) is 45.1 Å². The van der Waals surface area contributed by atoms with Gasteiger partial charge in [0.25, 0.3) is 5.91 Å². The molecular weight excluding hydrogens is 367 g/mol. The maximum absolute atomic E-state index is 12.4. The highest BCUT2D eigenvalue weighted by atomic mass is 35.5. The summed E-state index contributed by atoms with van der Waals surface area (Å²) in [5.74, 6) is -1.48. The molecule has 0 unspecified atom stereocenters. The van der Waals surface area contributed by atoms with Crippen molar-refractivity contribution in [2.45, 2.75) is 19.4 Å². The lowest BCUT2D eigenvalue weighted by Gasteiger charge is -2.27. The summed E-state index contributed by atoms with van der Waals surface area (Å²) >= 11 is 12.2. The van der Waals surface area contributed by atoms with Crippen molar-refractivity contribution < 1.29 is 25.1 Å². The van der Waals surface area contributed by atoms with Crippen LogP contribution in [0, 0.1) is 0 Å². The van der Waals surface area contributed by atoms with Gasteiger partial charge < -0.3 is 20.4 Å². The predicted octanol–water partition coefficient (Wildman–Crippen LogP) is 1.22. The molecular formula is C17H21Cl2N2O4+. The highest BCUT2D eigenvalue weighted by Gasteiger charge is 2.42. The van der Waals surface area contributed by atoms with E-state index in [1.54, 1.807) is 18.2 Å². The van der Waals surface area contributed by atoms with Gasteiger partial charge in [-0.2, -0.15) is 0 Å². The topological polar surface area (TPSA) is 94.5 Å². The quantitative estimate of drug-likeness (QED) is 0.584. The number of nitrogens with two attached hydrogens (primary N) is 1. The Kier molecular flexibility index (Phi) is 6.84. The second-order valence-electron chi connectivity index (χ2n) is 5.83. The van der Waals surface area contributed by atoms with E-state index in [0.29, 0.717) is 41.7 Å². The molecule has 1 amide bonds. The van der Waals surface area contributed by atoms with Gasteiger partial charge in [-0.3, -0.25) is 9.59 Å². The summed E-state index contributed by atoms with van der Waals surface area (Å²) in [6.45, 7) is 3.05. The number of nitrogens with zero attached hydrogens (tertiary/aromatic N) is 1. The molecule has 136 valence electrons. The van der Waals surface area contributed by atoms with Crippen molar-refractivity contribution in [3.63, 3.8) is 0 Å². The molecule has 1 aliphatic heterocycles. The van der Waals surface area contributed by atoms with Crippen LogP contribution in [0.1, 0.15) is 24.9 Å². The van der Waals surface area contributed by atoms with E-state index in [9.17, 15) is 14.7 Å². The van der Waals surface area contributed by atoms with Crippen LogP contribution in [0.25, 0.3) is 0 Å². The normalized spacial score (nSPS) is 17.5. The fourth-order valence-corrected chi connectivity index (χ4v) is 3.44. The SMILES string of the molecule is CC(=O)C1=C(O)C(=O)N(CCC[NH2+]CCO)[C@H]1c1ccc(Cl)cc1Cl. The smallest absolute Gasteiger partial charge is 0.290 e. The number of carbonyl (C=O) groups excluding carboxylic acids is 2. The zero-order chi connectivity index (χ0) is 18.6. The van der Waals surface area contributed by atoms with Gasteiger partial charge in [0.1, 0.15) is 0 Å². The molecule has 0 aliphatic carbocycles. The van der Waals surface area contributed by atoms with E-state index in [0.717, 1.165) is 0 Å². The van der Waals surface area contributed by atoms with Crippen molar-refractivity contribution >= 4 is 34.9 Å². The summed E-state index contributed by atoms with van der Waals surface area (Å²) in [6.07, 6.45) is 0.645. The van der Waals surface area contributed by atoms with Crippen LogP contribution in [0.4, 0.5) is 0 Å². The lowest BCUT2D eigenvalue weighted by molar-refractivity contribution is -0.656. The molecule has 1 heterocycles. The Labute approximate surface area is 156 Å². The standard InChI is InChI=1S/C17H20Cl2N2O4/c1-10(23)14-15(12-4-3-11(18)9-13(12)19)21(17(25)16(14)24)7-2-5-20-6-8-22/h3-4,9,15,20,22,24H,2,5-8H2,1H3/p+1/t15-/m0/s1. The summed E-state index contributed by atoms with van der Waals surface area (Å²) < 4.78 is 0. The Hall–Kier alpha value is -1.60. The second kappa shape index (κ2) is 8.67. The Morgan fingerprint density at radius 2 is 2.04 bits per heavy atom. The maximum atomic E-state index is 12.4. The molecule has 0 saturated heterocycles. The number of amides is 1. The van der Waals surface area contributed by atoms with Crippen molar-refractivity contribution in [2.75, 3.05) is 26.2 Å². The molecule has 25 heavy (non-hydrogen) atoms. The third-order valence-corrected chi connectivity index (χ3v) is 4.64. The molecule has 0 radical (unpaired) electrons. The number of hydrogen-bond donors (Lipinski definition) is 3. The van der Waals surface area contributed by atoms with E-state index in [2.05, 4.69) is 0 Å². The van der Waals surface area contributed by atoms with E-state index < -0.39 is 17.7 Å². The number of Topliss-reactive ketones (excluding diaryl/α,β-unsaturated/α-hetero) is 1. The molecule has 0 aromatic heterocycles. The predicted molar refractivity (Wildman–Crippen MR) is 94.6 cm³/mol. The highest BCUT2D eigenvalue weighted by molar-refractivity contribution is 6.35. The van der Waals surface area contributed by atoms with Crippen molar-refractivity contribution in [3.8, 4) is 0 Å². The van der Waals surface area contributed by atoms with E-state index in [1.807, 2.05) is 5.32 Å². The van der Waals surface area contributed by atoms with Gasteiger partial charge in [-0.25, -0.2) is 0 Å². The Balaban J connectivity index is 2.31. The first-order valence-electron chi connectivity index (χ1n) is 8.01. The van der Waals surface area contributed by atoms with Crippen molar-refractivity contribution in [1.29, 1.82) is 0 Å². The molecule has 0 saturated carbocycles. The minimum Gasteiger partial charge on any atom is -0.503 e. The molecule has 1 aromatic carbocycles. The van der Waals surface area contributed by atoms with Gasteiger partial charge >= 0.3 is 0 Å². The van der Waals surface area contributed by atoms with Crippen molar-refractivity contribution in [2.24, 2.45) is 0 Å². The summed E-state index contributed by atoms with van der Waals surface area (Å²) in [5, 5.41) is 21.7. The minimum atomic E-state index is -0.729. The summed E-state index contributed by atoms with van der Waals surface area (Å²) in [4.78, 5) is 25.9. The molecule has 0 bridgehead atoms. The number of aliphatic hydroxyl groups excluding tert-OH is 2. The average Bonchev–Trinajstić information content (AvgIpc) is 2.79. The first-order valence-corrected chi connectivity index (χ1v) is 8.76. The van der Waals surface area contributed by atoms with Gasteiger partial charge in [-0.05, 0) is 24.6 Å². The average molecular weight is 388 g/mol. The lowest BCUT2D eigenvalue weighted by atomic mass is 9.96. The van der Waals surface area contributed by atoms with Gasteiger partial charge in [0.05, 0.1) is 31.3 Å². The van der Waals surface area contributed by atoms with E-state index >= 15 is 0 Å². The van der Waals surface area contributed by atoms with E-state index in [-0.39, 0.29) is 18.0 Å². The fraction of sp³-hybridized carbons (Fsp3) is 0.412.